The highest BCUT2D eigenvalue weighted by Gasteiger charge is 2.36. The van der Waals surface area contributed by atoms with Gasteiger partial charge in [-0.2, -0.15) is 5.26 Å². The Balaban J connectivity index is 1.60. The Kier molecular flexibility index (Phi) is 4.70. The Hall–Kier alpha value is -3.30. The van der Waals surface area contributed by atoms with Gasteiger partial charge in [0.2, 0.25) is 0 Å². The molecule has 1 fully saturated rings. The van der Waals surface area contributed by atoms with E-state index in [1.54, 1.807) is 6.07 Å². The Morgan fingerprint density at radius 3 is 2.82 bits per heavy atom. The van der Waals surface area contributed by atoms with E-state index in [9.17, 15) is 10.1 Å². The van der Waals surface area contributed by atoms with Crippen LogP contribution in [0.5, 0.6) is 0 Å². The van der Waals surface area contributed by atoms with Crippen LogP contribution >= 0.6 is 11.6 Å². The number of nitriles is 1. The molecule has 166 valence electrons. The van der Waals surface area contributed by atoms with Crippen molar-refractivity contribution in [2.24, 2.45) is 5.92 Å². The number of nitrogens with zero attached hydrogens (tertiary/aromatic N) is 5. The van der Waals surface area contributed by atoms with Gasteiger partial charge < -0.3 is 9.47 Å². The normalized spacial score (nSPS) is 19.6. The van der Waals surface area contributed by atoms with Gasteiger partial charge in [0, 0.05) is 43.2 Å². The van der Waals surface area contributed by atoms with Crippen molar-refractivity contribution < 1.29 is 0 Å². The van der Waals surface area contributed by atoms with Gasteiger partial charge in [-0.25, -0.2) is 4.98 Å². The molecule has 0 radical (unpaired) electrons. The fourth-order valence-electron chi connectivity index (χ4n) is 5.96. The second-order valence-electron chi connectivity index (χ2n) is 9.22. The average molecular weight is 458 g/mol. The van der Waals surface area contributed by atoms with Gasteiger partial charge >= 0.3 is 0 Å². The van der Waals surface area contributed by atoms with Gasteiger partial charge in [-0.15, -0.1) is 11.6 Å². The summed E-state index contributed by atoms with van der Waals surface area (Å²) in [5.41, 5.74) is 6.50. The Bertz CT molecular complexity index is 1510. The van der Waals surface area contributed by atoms with Gasteiger partial charge in [0.05, 0.1) is 16.6 Å². The van der Waals surface area contributed by atoms with Crippen LogP contribution in [0.25, 0.3) is 16.7 Å². The van der Waals surface area contributed by atoms with Gasteiger partial charge in [0.15, 0.2) is 5.65 Å². The number of imidazole rings is 1. The first-order valence-electron chi connectivity index (χ1n) is 11.4. The lowest BCUT2D eigenvalue weighted by Gasteiger charge is -2.44. The summed E-state index contributed by atoms with van der Waals surface area (Å²) in [6, 6.07) is 16.1. The number of alkyl halides is 1. The molecule has 0 N–H and O–H groups in total. The monoisotopic (exact) mass is 457 g/mol. The summed E-state index contributed by atoms with van der Waals surface area (Å²) in [5.74, 6) is 2.25. The van der Waals surface area contributed by atoms with Crippen LogP contribution in [0.15, 0.2) is 47.3 Å². The molecule has 2 atom stereocenters. The van der Waals surface area contributed by atoms with Crippen molar-refractivity contribution in [1.82, 2.24) is 14.0 Å². The summed E-state index contributed by atoms with van der Waals surface area (Å²) < 4.78 is 4.13. The zero-order valence-electron chi connectivity index (χ0n) is 18.5. The Morgan fingerprint density at radius 1 is 1.15 bits per heavy atom. The molecule has 3 aromatic heterocycles. The molecule has 2 unspecified atom stereocenters. The van der Waals surface area contributed by atoms with Crippen molar-refractivity contribution in [3.05, 3.63) is 75.2 Å². The van der Waals surface area contributed by atoms with E-state index in [0.717, 1.165) is 59.7 Å². The Morgan fingerprint density at radius 2 is 2.00 bits per heavy atom. The maximum Gasteiger partial charge on any atom is 0.250 e. The average Bonchev–Trinajstić information content (AvgIpc) is 3.19. The number of pyridine rings is 2. The molecule has 5 heterocycles. The molecule has 2 aliphatic heterocycles. The molecule has 33 heavy (non-hydrogen) atoms. The first kappa shape index (κ1) is 20.3. The van der Waals surface area contributed by atoms with Gasteiger partial charge in [-0.1, -0.05) is 18.2 Å². The van der Waals surface area contributed by atoms with E-state index in [-0.39, 0.29) is 11.5 Å². The van der Waals surface area contributed by atoms with E-state index in [1.807, 2.05) is 35.8 Å². The number of benzene rings is 1. The summed E-state index contributed by atoms with van der Waals surface area (Å²) >= 11 is 6.27. The number of anilines is 1. The second kappa shape index (κ2) is 7.64. The number of hydrogen-bond acceptors (Lipinski definition) is 4. The lowest BCUT2D eigenvalue weighted by atomic mass is 9.83. The first-order valence-corrected chi connectivity index (χ1v) is 12.0. The minimum Gasteiger partial charge on any atom is -0.356 e. The van der Waals surface area contributed by atoms with Crippen molar-refractivity contribution in [1.29, 1.82) is 5.26 Å². The van der Waals surface area contributed by atoms with E-state index in [0.29, 0.717) is 29.4 Å². The minimum absolute atomic E-state index is 0.0932. The van der Waals surface area contributed by atoms with E-state index in [4.69, 9.17) is 16.6 Å². The number of hydrogen-bond donors (Lipinski definition) is 0. The van der Waals surface area contributed by atoms with Crippen LogP contribution in [0.1, 0.15) is 34.7 Å². The summed E-state index contributed by atoms with van der Waals surface area (Å²) in [7, 11) is 0. The molecule has 1 saturated heterocycles. The smallest absolute Gasteiger partial charge is 0.250 e. The molecule has 2 aliphatic rings. The molecule has 2 bridgehead atoms. The third kappa shape index (κ3) is 2.99. The third-order valence-corrected chi connectivity index (χ3v) is 7.52. The fourth-order valence-corrected chi connectivity index (χ4v) is 6.15. The molecule has 0 aliphatic carbocycles. The third-order valence-electron chi connectivity index (χ3n) is 7.33. The summed E-state index contributed by atoms with van der Waals surface area (Å²) in [4.78, 5) is 19.8. The molecule has 0 amide bonds. The maximum absolute atomic E-state index is 12.5. The predicted molar refractivity (Wildman–Crippen MR) is 130 cm³/mol. The van der Waals surface area contributed by atoms with E-state index < -0.39 is 0 Å². The van der Waals surface area contributed by atoms with Crippen LogP contribution in [-0.2, 0) is 13.0 Å². The summed E-state index contributed by atoms with van der Waals surface area (Å²) in [5, 5.41) is 10.0. The first-order chi connectivity index (χ1) is 16.1. The van der Waals surface area contributed by atoms with Crippen LogP contribution in [0.4, 0.5) is 5.82 Å². The highest BCUT2D eigenvalue weighted by atomic mass is 35.5. The highest BCUT2D eigenvalue weighted by molar-refractivity contribution is 6.18. The quantitative estimate of drug-likeness (QED) is 0.432. The minimum atomic E-state index is 0.0932. The molecule has 0 saturated carbocycles. The van der Waals surface area contributed by atoms with Crippen LogP contribution in [0.3, 0.4) is 0 Å². The lowest BCUT2D eigenvalue weighted by molar-refractivity contribution is 0.280. The molecule has 6 nitrogen and oxygen atoms in total. The summed E-state index contributed by atoms with van der Waals surface area (Å²) in [6.45, 7) is 4.44. The van der Waals surface area contributed by atoms with E-state index in [2.05, 4.69) is 27.5 Å². The zero-order valence-corrected chi connectivity index (χ0v) is 19.2. The largest absolute Gasteiger partial charge is 0.356 e. The van der Waals surface area contributed by atoms with Crippen molar-refractivity contribution in [3.8, 4) is 6.07 Å². The molecular weight excluding hydrogens is 434 g/mol. The molecule has 7 heteroatoms. The SMILES string of the molecule is Cc1c(CCCl)c(N2CC3CC(C2)c2cccc(=O)n2C3)n2c(nc3ccccc32)c1C#N. The number of para-hydroxylation sites is 2. The van der Waals surface area contributed by atoms with Gasteiger partial charge in [-0.05, 0) is 55.0 Å². The Labute approximate surface area is 196 Å². The van der Waals surface area contributed by atoms with Gasteiger partial charge in [-0.3, -0.25) is 9.20 Å². The summed E-state index contributed by atoms with van der Waals surface area (Å²) in [6.07, 6.45) is 1.77. The fraction of sp³-hybridized carbons (Fsp3) is 0.346. The molecule has 6 rings (SSSR count). The number of rotatable bonds is 3. The highest BCUT2D eigenvalue weighted by Crippen LogP contribution is 2.40. The lowest BCUT2D eigenvalue weighted by Crippen LogP contribution is -2.48. The number of piperidine rings is 1. The standard InChI is InChI=1S/C26H24ClN5O/c1-16-19(9-10-27)26(32-23-6-3-2-5-21(23)29-25(32)20(16)12-28)30-13-17-11-18(15-30)22-7-4-8-24(33)31(22)14-17/h2-8,17-18H,9-11,13-15H2,1H3. The number of halogens is 1. The molecule has 4 aromatic rings. The maximum atomic E-state index is 12.5. The van der Waals surface area contributed by atoms with E-state index >= 15 is 0 Å². The predicted octanol–water partition coefficient (Wildman–Crippen LogP) is 4.23. The van der Waals surface area contributed by atoms with Crippen molar-refractivity contribution in [3.63, 3.8) is 0 Å². The zero-order chi connectivity index (χ0) is 22.7. The molecular formula is C26H24ClN5O. The van der Waals surface area contributed by atoms with Crippen LogP contribution in [-0.4, -0.2) is 32.9 Å². The van der Waals surface area contributed by atoms with Crippen LogP contribution in [0, 0.1) is 24.2 Å². The van der Waals surface area contributed by atoms with Crippen molar-refractivity contribution in [2.45, 2.75) is 32.2 Å². The second-order valence-corrected chi connectivity index (χ2v) is 9.59. The van der Waals surface area contributed by atoms with E-state index in [1.165, 1.54) is 0 Å². The number of aromatic nitrogens is 3. The molecule has 0 spiro atoms. The van der Waals surface area contributed by atoms with Crippen LogP contribution in [0.2, 0.25) is 0 Å². The van der Waals surface area contributed by atoms with Crippen LogP contribution < -0.4 is 10.5 Å². The molecule has 1 aromatic carbocycles. The van der Waals surface area contributed by atoms with Gasteiger partial charge in [0.1, 0.15) is 11.9 Å². The van der Waals surface area contributed by atoms with Crippen molar-refractivity contribution >= 4 is 34.1 Å². The van der Waals surface area contributed by atoms with Crippen molar-refractivity contribution in [2.75, 3.05) is 23.9 Å². The topological polar surface area (TPSA) is 66.3 Å². The number of fused-ring (bicyclic) bond motifs is 7. The van der Waals surface area contributed by atoms with Gasteiger partial charge in [0.25, 0.3) is 5.56 Å².